The SMILES string of the molecule is C=CCN1CCC(NC2C[C@H](C)Sc3sccc32)CC1. The minimum Gasteiger partial charge on any atom is -0.307 e. The number of nitrogens with one attached hydrogen (secondary N) is 1. The van der Waals surface area contributed by atoms with Crippen LogP contribution >= 0.6 is 23.1 Å². The molecule has 0 radical (unpaired) electrons. The van der Waals surface area contributed by atoms with Crippen LogP contribution in [-0.2, 0) is 0 Å². The van der Waals surface area contributed by atoms with E-state index >= 15 is 0 Å². The summed E-state index contributed by atoms with van der Waals surface area (Å²) in [5, 5.41) is 6.92. The molecule has 1 N–H and O–H groups in total. The van der Waals surface area contributed by atoms with Crippen molar-refractivity contribution in [3.63, 3.8) is 0 Å². The van der Waals surface area contributed by atoms with Gasteiger partial charge in [0, 0.05) is 23.9 Å². The molecule has 2 atom stereocenters. The predicted molar refractivity (Wildman–Crippen MR) is 89.8 cm³/mol. The third-order valence-electron chi connectivity index (χ3n) is 4.32. The lowest BCUT2D eigenvalue weighted by atomic mass is 9.99. The van der Waals surface area contributed by atoms with Crippen LogP contribution in [0, 0.1) is 0 Å². The van der Waals surface area contributed by atoms with Crippen LogP contribution in [0.4, 0.5) is 0 Å². The van der Waals surface area contributed by atoms with Crippen LogP contribution < -0.4 is 5.32 Å². The van der Waals surface area contributed by atoms with Gasteiger partial charge in [-0.2, -0.15) is 0 Å². The minimum absolute atomic E-state index is 0.573. The zero-order valence-electron chi connectivity index (χ0n) is 12.2. The molecular formula is C16H24N2S2. The molecule has 0 saturated carbocycles. The summed E-state index contributed by atoms with van der Waals surface area (Å²) in [5.74, 6) is 0. The highest BCUT2D eigenvalue weighted by molar-refractivity contribution is 8.01. The van der Waals surface area contributed by atoms with Gasteiger partial charge >= 0.3 is 0 Å². The zero-order chi connectivity index (χ0) is 13.9. The van der Waals surface area contributed by atoms with E-state index in [9.17, 15) is 0 Å². The number of likely N-dealkylation sites (tertiary alicyclic amines) is 1. The quantitative estimate of drug-likeness (QED) is 0.849. The maximum Gasteiger partial charge on any atom is 0.0649 e. The molecule has 1 saturated heterocycles. The Morgan fingerprint density at radius 3 is 3.00 bits per heavy atom. The summed E-state index contributed by atoms with van der Waals surface area (Å²) in [4.78, 5) is 2.50. The molecule has 1 aromatic heterocycles. The van der Waals surface area contributed by atoms with Crippen LogP contribution in [0.25, 0.3) is 0 Å². The van der Waals surface area contributed by atoms with E-state index in [1.165, 1.54) is 36.6 Å². The smallest absolute Gasteiger partial charge is 0.0649 e. The number of hydrogen-bond acceptors (Lipinski definition) is 4. The molecule has 110 valence electrons. The van der Waals surface area contributed by atoms with Crippen molar-refractivity contribution in [2.45, 2.75) is 47.7 Å². The Morgan fingerprint density at radius 2 is 2.25 bits per heavy atom. The molecule has 0 bridgehead atoms. The Kier molecular flexibility index (Phi) is 4.87. The lowest BCUT2D eigenvalue weighted by Crippen LogP contribution is -2.44. The number of fused-ring (bicyclic) bond motifs is 1. The highest BCUT2D eigenvalue weighted by atomic mass is 32.2. The van der Waals surface area contributed by atoms with Crippen LogP contribution in [0.15, 0.2) is 28.3 Å². The molecule has 0 aliphatic carbocycles. The molecule has 1 fully saturated rings. The number of piperidine rings is 1. The highest BCUT2D eigenvalue weighted by Crippen LogP contribution is 2.44. The van der Waals surface area contributed by atoms with Crippen molar-refractivity contribution in [3.05, 3.63) is 29.7 Å². The molecule has 0 amide bonds. The Labute approximate surface area is 130 Å². The minimum atomic E-state index is 0.573. The fraction of sp³-hybridized carbons (Fsp3) is 0.625. The second kappa shape index (κ2) is 6.65. The average Bonchev–Trinajstić information content (AvgIpc) is 2.89. The molecule has 2 nitrogen and oxygen atoms in total. The summed E-state index contributed by atoms with van der Waals surface area (Å²) >= 11 is 3.96. The number of thiophene rings is 1. The normalized spacial score (nSPS) is 28.2. The largest absolute Gasteiger partial charge is 0.307 e. The van der Waals surface area contributed by atoms with E-state index in [1.54, 1.807) is 5.56 Å². The zero-order valence-corrected chi connectivity index (χ0v) is 13.8. The van der Waals surface area contributed by atoms with Gasteiger partial charge in [0.1, 0.15) is 0 Å². The van der Waals surface area contributed by atoms with Gasteiger partial charge in [-0.1, -0.05) is 13.0 Å². The first kappa shape index (κ1) is 14.6. The van der Waals surface area contributed by atoms with Gasteiger partial charge in [0.15, 0.2) is 0 Å². The molecule has 20 heavy (non-hydrogen) atoms. The second-order valence-corrected chi connectivity index (χ2v) is 8.53. The van der Waals surface area contributed by atoms with Gasteiger partial charge in [0.2, 0.25) is 0 Å². The second-order valence-electron chi connectivity index (χ2n) is 5.91. The van der Waals surface area contributed by atoms with Crippen molar-refractivity contribution < 1.29 is 0 Å². The van der Waals surface area contributed by atoms with Gasteiger partial charge in [0.25, 0.3) is 0 Å². The molecule has 3 rings (SSSR count). The summed E-state index contributed by atoms with van der Waals surface area (Å²) in [5.41, 5.74) is 1.55. The van der Waals surface area contributed by atoms with E-state index in [1.807, 2.05) is 17.4 Å². The van der Waals surface area contributed by atoms with Crippen molar-refractivity contribution in [2.75, 3.05) is 19.6 Å². The van der Waals surface area contributed by atoms with Crippen molar-refractivity contribution in [1.29, 1.82) is 0 Å². The lowest BCUT2D eigenvalue weighted by molar-refractivity contribution is 0.204. The Bertz CT molecular complexity index is 449. The van der Waals surface area contributed by atoms with Crippen molar-refractivity contribution >= 4 is 23.1 Å². The molecule has 3 heterocycles. The molecule has 0 spiro atoms. The van der Waals surface area contributed by atoms with E-state index in [-0.39, 0.29) is 0 Å². The first-order chi connectivity index (χ1) is 9.76. The van der Waals surface area contributed by atoms with Gasteiger partial charge in [-0.25, -0.2) is 0 Å². The van der Waals surface area contributed by atoms with E-state index in [4.69, 9.17) is 0 Å². The van der Waals surface area contributed by atoms with E-state index < -0.39 is 0 Å². The summed E-state index contributed by atoms with van der Waals surface area (Å²) in [6.45, 7) is 9.64. The van der Waals surface area contributed by atoms with Gasteiger partial charge in [-0.15, -0.1) is 29.7 Å². The topological polar surface area (TPSA) is 15.3 Å². The van der Waals surface area contributed by atoms with E-state index in [2.05, 4.69) is 46.9 Å². The standard InChI is InChI=1S/C16H24N2S2/c1-3-7-18-8-4-13(5-9-18)17-15-11-12(2)20-16-14(15)6-10-19-16/h3,6,10,12-13,15,17H,1,4-5,7-9,11H2,2H3/t12-,15?/m0/s1. The molecule has 4 heteroatoms. The first-order valence-electron chi connectivity index (χ1n) is 7.59. The Hall–Kier alpha value is -0.290. The van der Waals surface area contributed by atoms with Crippen LogP contribution in [0.3, 0.4) is 0 Å². The monoisotopic (exact) mass is 308 g/mol. The number of thioether (sulfide) groups is 1. The summed E-state index contributed by atoms with van der Waals surface area (Å²) in [7, 11) is 0. The maximum atomic E-state index is 3.93. The Balaban J connectivity index is 1.58. The summed E-state index contributed by atoms with van der Waals surface area (Å²) in [6, 6.07) is 3.58. The number of rotatable bonds is 4. The number of hydrogen-bond donors (Lipinski definition) is 1. The molecule has 1 aromatic rings. The van der Waals surface area contributed by atoms with E-state index in [0.717, 1.165) is 11.8 Å². The van der Waals surface area contributed by atoms with Gasteiger partial charge in [-0.05, 0) is 49.4 Å². The van der Waals surface area contributed by atoms with Gasteiger partial charge in [0.05, 0.1) is 4.21 Å². The summed E-state index contributed by atoms with van der Waals surface area (Å²) in [6.07, 6.45) is 5.82. The molecule has 2 aliphatic heterocycles. The Morgan fingerprint density at radius 1 is 1.45 bits per heavy atom. The first-order valence-corrected chi connectivity index (χ1v) is 9.35. The van der Waals surface area contributed by atoms with Gasteiger partial charge < -0.3 is 5.32 Å². The third-order valence-corrected chi connectivity index (χ3v) is 6.67. The fourth-order valence-corrected chi connectivity index (χ4v) is 5.82. The average molecular weight is 309 g/mol. The van der Waals surface area contributed by atoms with Crippen molar-refractivity contribution in [3.8, 4) is 0 Å². The van der Waals surface area contributed by atoms with Crippen LogP contribution in [0.5, 0.6) is 0 Å². The predicted octanol–water partition coefficient (Wildman–Crippen LogP) is 3.91. The van der Waals surface area contributed by atoms with Crippen molar-refractivity contribution in [2.24, 2.45) is 0 Å². The summed E-state index contributed by atoms with van der Waals surface area (Å²) < 4.78 is 1.53. The van der Waals surface area contributed by atoms with Crippen LogP contribution in [0.2, 0.25) is 0 Å². The lowest BCUT2D eigenvalue weighted by Gasteiger charge is -2.36. The molecule has 1 unspecified atom stereocenters. The van der Waals surface area contributed by atoms with Crippen molar-refractivity contribution in [1.82, 2.24) is 10.2 Å². The van der Waals surface area contributed by atoms with Crippen LogP contribution in [0.1, 0.15) is 37.8 Å². The molecule has 0 aromatic carbocycles. The number of nitrogens with zero attached hydrogens (tertiary/aromatic N) is 1. The highest BCUT2D eigenvalue weighted by Gasteiger charge is 2.29. The van der Waals surface area contributed by atoms with Crippen LogP contribution in [-0.4, -0.2) is 35.8 Å². The molecule has 2 aliphatic rings. The third kappa shape index (κ3) is 3.30. The fourth-order valence-electron chi connectivity index (χ4n) is 3.26. The maximum absolute atomic E-state index is 3.93. The molecular weight excluding hydrogens is 284 g/mol. The van der Waals surface area contributed by atoms with Gasteiger partial charge in [-0.3, -0.25) is 4.90 Å². The van der Waals surface area contributed by atoms with E-state index in [0.29, 0.717) is 12.1 Å².